The highest BCUT2D eigenvalue weighted by atomic mass is 16.3. The van der Waals surface area contributed by atoms with Crippen molar-refractivity contribution in [1.29, 1.82) is 0 Å². The van der Waals surface area contributed by atoms with Crippen molar-refractivity contribution in [2.75, 3.05) is 0 Å². The zero-order valence-corrected chi connectivity index (χ0v) is 10.8. The third kappa shape index (κ3) is 1.60. The van der Waals surface area contributed by atoms with Crippen LogP contribution in [0.3, 0.4) is 0 Å². The van der Waals surface area contributed by atoms with Gasteiger partial charge >= 0.3 is 0 Å². The van der Waals surface area contributed by atoms with Gasteiger partial charge in [-0.25, -0.2) is 0 Å². The Hall–Kier alpha value is -2.09. The van der Waals surface area contributed by atoms with Crippen LogP contribution in [0.1, 0.15) is 28.8 Å². The highest BCUT2D eigenvalue weighted by Gasteiger charge is 2.48. The molecule has 0 aromatic heterocycles. The van der Waals surface area contributed by atoms with Gasteiger partial charge in [0.15, 0.2) is 5.78 Å². The lowest BCUT2D eigenvalue weighted by molar-refractivity contribution is 0.0832. The van der Waals surface area contributed by atoms with E-state index in [1.807, 2.05) is 12.2 Å². The van der Waals surface area contributed by atoms with Crippen LogP contribution in [0, 0.1) is 5.41 Å². The smallest absolute Gasteiger partial charge is 0.170 e. The molecule has 0 fully saturated rings. The van der Waals surface area contributed by atoms with Gasteiger partial charge in [0.25, 0.3) is 0 Å². The Kier molecular flexibility index (Phi) is 2.49. The molecule has 0 saturated heterocycles. The maximum Gasteiger partial charge on any atom is 0.170 e. The largest absolute Gasteiger partial charge is 0.508 e. The Morgan fingerprint density at radius 2 is 1.74 bits per heavy atom. The van der Waals surface area contributed by atoms with Gasteiger partial charge in [0, 0.05) is 11.0 Å². The lowest BCUT2D eigenvalue weighted by Gasteiger charge is -2.21. The predicted octanol–water partition coefficient (Wildman–Crippen LogP) is 3.58. The molecule has 0 bridgehead atoms. The van der Waals surface area contributed by atoms with Crippen LogP contribution in [-0.2, 0) is 6.42 Å². The summed E-state index contributed by atoms with van der Waals surface area (Å²) in [7, 11) is 0. The van der Waals surface area contributed by atoms with Gasteiger partial charge in [-0.2, -0.15) is 0 Å². The minimum absolute atomic E-state index is 0.193. The molecule has 19 heavy (non-hydrogen) atoms. The Balaban J connectivity index is 2.02. The Labute approximate surface area is 112 Å². The average Bonchev–Trinajstić information content (AvgIpc) is 2.89. The molecule has 0 amide bonds. The van der Waals surface area contributed by atoms with Gasteiger partial charge in [-0.15, -0.1) is 0 Å². The number of carbonyl (C=O) groups excluding carboxylic acids is 1. The standard InChI is InChI=1S/C17H16O2/c1-3-11-8-17(9-12(11)4-2)10-13-7-14(18)5-6-15(13)16(17)19/h3-7,18H,1-2,8-10H2. The molecule has 1 spiro atoms. The first-order valence-electron chi connectivity index (χ1n) is 6.43. The molecule has 0 atom stereocenters. The summed E-state index contributed by atoms with van der Waals surface area (Å²) < 4.78 is 0. The van der Waals surface area contributed by atoms with Crippen molar-refractivity contribution in [3.05, 3.63) is 65.8 Å². The van der Waals surface area contributed by atoms with E-state index >= 15 is 0 Å². The van der Waals surface area contributed by atoms with Crippen LogP contribution >= 0.6 is 0 Å². The van der Waals surface area contributed by atoms with Gasteiger partial charge in [0.2, 0.25) is 0 Å². The molecule has 0 unspecified atom stereocenters. The third-order valence-electron chi connectivity index (χ3n) is 4.31. The van der Waals surface area contributed by atoms with E-state index in [1.54, 1.807) is 18.2 Å². The fraction of sp³-hybridized carbons (Fsp3) is 0.235. The second-order valence-corrected chi connectivity index (χ2v) is 5.44. The molecule has 2 heteroatoms. The lowest BCUT2D eigenvalue weighted by atomic mass is 9.80. The maximum atomic E-state index is 12.7. The first-order chi connectivity index (χ1) is 9.09. The fourth-order valence-corrected chi connectivity index (χ4v) is 3.39. The SMILES string of the molecule is C=CC1=C(C=C)CC2(C1)Cc1cc(O)ccc1C2=O. The summed E-state index contributed by atoms with van der Waals surface area (Å²) in [6.07, 6.45) is 5.82. The van der Waals surface area contributed by atoms with Crippen LogP contribution in [0.15, 0.2) is 54.7 Å². The van der Waals surface area contributed by atoms with Gasteiger partial charge in [-0.3, -0.25) is 4.79 Å². The van der Waals surface area contributed by atoms with Crippen molar-refractivity contribution < 1.29 is 9.90 Å². The Morgan fingerprint density at radius 3 is 2.32 bits per heavy atom. The van der Waals surface area contributed by atoms with Crippen molar-refractivity contribution in [3.63, 3.8) is 0 Å². The van der Waals surface area contributed by atoms with E-state index in [-0.39, 0.29) is 16.9 Å². The van der Waals surface area contributed by atoms with E-state index in [0.717, 1.165) is 35.1 Å². The first kappa shape index (κ1) is 12.0. The summed E-state index contributed by atoms with van der Waals surface area (Å²) >= 11 is 0. The molecule has 2 nitrogen and oxygen atoms in total. The number of aromatic hydroxyl groups is 1. The van der Waals surface area contributed by atoms with E-state index in [2.05, 4.69) is 13.2 Å². The molecule has 0 radical (unpaired) electrons. The van der Waals surface area contributed by atoms with Crippen molar-refractivity contribution in [3.8, 4) is 5.75 Å². The highest BCUT2D eigenvalue weighted by molar-refractivity contribution is 6.06. The van der Waals surface area contributed by atoms with E-state index in [0.29, 0.717) is 6.42 Å². The number of hydrogen-bond donors (Lipinski definition) is 1. The molecule has 96 valence electrons. The molecule has 2 aliphatic rings. The van der Waals surface area contributed by atoms with Gasteiger partial charge in [0.05, 0.1) is 0 Å². The zero-order valence-electron chi connectivity index (χ0n) is 10.8. The molecule has 0 aliphatic heterocycles. The maximum absolute atomic E-state index is 12.7. The number of carbonyl (C=O) groups is 1. The fourth-order valence-electron chi connectivity index (χ4n) is 3.39. The third-order valence-corrected chi connectivity index (χ3v) is 4.31. The van der Waals surface area contributed by atoms with Crippen molar-refractivity contribution in [1.82, 2.24) is 0 Å². The van der Waals surface area contributed by atoms with Crippen molar-refractivity contribution in [2.24, 2.45) is 5.41 Å². The summed E-state index contributed by atoms with van der Waals surface area (Å²) in [6, 6.07) is 5.03. The molecular formula is C17H16O2. The first-order valence-corrected chi connectivity index (χ1v) is 6.43. The molecule has 2 aliphatic carbocycles. The molecule has 1 aromatic carbocycles. The highest BCUT2D eigenvalue weighted by Crippen LogP contribution is 2.51. The molecule has 0 saturated carbocycles. The molecule has 1 aromatic rings. The second-order valence-electron chi connectivity index (χ2n) is 5.44. The number of hydrogen-bond acceptors (Lipinski definition) is 2. The van der Waals surface area contributed by atoms with Crippen LogP contribution in [0.2, 0.25) is 0 Å². The zero-order chi connectivity index (χ0) is 13.6. The number of Topliss-reactive ketones (excluding diaryl/α,β-unsaturated/α-hetero) is 1. The van der Waals surface area contributed by atoms with Gasteiger partial charge < -0.3 is 5.11 Å². The van der Waals surface area contributed by atoms with Crippen molar-refractivity contribution in [2.45, 2.75) is 19.3 Å². The molecule has 3 rings (SSSR count). The summed E-state index contributed by atoms with van der Waals surface area (Å²) in [5, 5.41) is 9.56. The molecule has 0 heterocycles. The topological polar surface area (TPSA) is 37.3 Å². The van der Waals surface area contributed by atoms with Crippen LogP contribution in [0.25, 0.3) is 0 Å². The minimum Gasteiger partial charge on any atom is -0.508 e. The van der Waals surface area contributed by atoms with E-state index in [1.165, 1.54) is 0 Å². The number of ketones is 1. The second kappa shape index (κ2) is 3.95. The number of allylic oxidation sites excluding steroid dienone is 4. The van der Waals surface area contributed by atoms with Gasteiger partial charge in [0.1, 0.15) is 5.75 Å². The van der Waals surface area contributed by atoms with Gasteiger partial charge in [-0.1, -0.05) is 25.3 Å². The molecular weight excluding hydrogens is 236 g/mol. The van der Waals surface area contributed by atoms with E-state index in [4.69, 9.17) is 0 Å². The van der Waals surface area contributed by atoms with Crippen LogP contribution in [0.4, 0.5) is 0 Å². The predicted molar refractivity (Wildman–Crippen MR) is 75.2 cm³/mol. The van der Waals surface area contributed by atoms with E-state index in [9.17, 15) is 9.90 Å². The quantitative estimate of drug-likeness (QED) is 0.873. The number of phenolic OH excluding ortho intramolecular Hbond substituents is 1. The summed E-state index contributed by atoms with van der Waals surface area (Å²) in [5.41, 5.74) is 3.59. The van der Waals surface area contributed by atoms with E-state index < -0.39 is 0 Å². The number of rotatable bonds is 2. The van der Waals surface area contributed by atoms with Gasteiger partial charge in [-0.05, 0) is 54.2 Å². The average molecular weight is 252 g/mol. The normalized spacial score (nSPS) is 19.9. The number of phenols is 1. The van der Waals surface area contributed by atoms with Crippen LogP contribution in [-0.4, -0.2) is 10.9 Å². The van der Waals surface area contributed by atoms with Crippen LogP contribution < -0.4 is 0 Å². The summed E-state index contributed by atoms with van der Waals surface area (Å²) in [6.45, 7) is 7.65. The van der Waals surface area contributed by atoms with Crippen LogP contribution in [0.5, 0.6) is 5.75 Å². The number of fused-ring (bicyclic) bond motifs is 1. The summed E-state index contributed by atoms with van der Waals surface area (Å²) in [5.74, 6) is 0.418. The molecule has 1 N–H and O–H groups in total. The minimum atomic E-state index is -0.372. The monoisotopic (exact) mass is 252 g/mol. The lowest BCUT2D eigenvalue weighted by Crippen LogP contribution is -2.25. The van der Waals surface area contributed by atoms with Crippen molar-refractivity contribution >= 4 is 5.78 Å². The Morgan fingerprint density at radius 1 is 1.11 bits per heavy atom. The Bertz CT molecular complexity index is 615. The number of benzene rings is 1. The summed E-state index contributed by atoms with van der Waals surface area (Å²) in [4.78, 5) is 12.7.